The van der Waals surface area contributed by atoms with Crippen LogP contribution in [0.1, 0.15) is 0 Å². The highest BCUT2D eigenvalue weighted by molar-refractivity contribution is 7.79. The summed E-state index contributed by atoms with van der Waals surface area (Å²) in [4.78, 5) is -0.138. The molecule has 6 nitrogen and oxygen atoms in total. The fourth-order valence-electron chi connectivity index (χ4n) is 1.62. The zero-order valence-electron chi connectivity index (χ0n) is 8.73. The Morgan fingerprint density at radius 3 is 1.50 bits per heavy atom. The van der Waals surface area contributed by atoms with Gasteiger partial charge in [-0.15, -0.1) is 0 Å². The molecule has 0 heterocycles. The van der Waals surface area contributed by atoms with Crippen molar-refractivity contribution in [2.45, 2.75) is 9.79 Å². The summed E-state index contributed by atoms with van der Waals surface area (Å²) < 4.78 is 39.7. The Morgan fingerprint density at radius 2 is 1.17 bits per heavy atom. The van der Waals surface area contributed by atoms with Crippen LogP contribution in [0.3, 0.4) is 0 Å². The first kappa shape index (κ1) is 13.0. The van der Waals surface area contributed by atoms with Gasteiger partial charge in [0.05, 0.1) is 15.2 Å². The SMILES string of the molecule is O=S(O)c1cc(O)c2c(O)cc(S(=O)O)cc2c1. The molecule has 0 spiro atoms. The summed E-state index contributed by atoms with van der Waals surface area (Å²) in [5, 5.41) is 19.6. The molecule has 2 aromatic carbocycles. The Bertz CT molecular complexity index is 627. The highest BCUT2D eigenvalue weighted by Crippen LogP contribution is 2.36. The van der Waals surface area contributed by atoms with E-state index in [1.165, 1.54) is 12.1 Å². The number of benzene rings is 2. The van der Waals surface area contributed by atoms with Crippen LogP contribution in [0.2, 0.25) is 0 Å². The molecule has 2 unspecified atom stereocenters. The minimum atomic E-state index is -2.30. The first-order valence-corrected chi connectivity index (χ1v) is 6.83. The molecule has 2 atom stereocenters. The van der Waals surface area contributed by atoms with Crippen molar-refractivity contribution in [3.63, 3.8) is 0 Å². The van der Waals surface area contributed by atoms with Gasteiger partial charge in [-0.1, -0.05) is 0 Å². The zero-order valence-corrected chi connectivity index (χ0v) is 10.4. The van der Waals surface area contributed by atoms with Gasteiger partial charge in [0.1, 0.15) is 11.5 Å². The van der Waals surface area contributed by atoms with Crippen molar-refractivity contribution in [3.05, 3.63) is 24.3 Å². The van der Waals surface area contributed by atoms with Crippen molar-refractivity contribution >= 4 is 32.9 Å². The van der Waals surface area contributed by atoms with Crippen LogP contribution in [-0.4, -0.2) is 27.7 Å². The Morgan fingerprint density at radius 1 is 0.778 bits per heavy atom. The van der Waals surface area contributed by atoms with Crippen molar-refractivity contribution in [2.75, 3.05) is 0 Å². The second kappa shape index (κ2) is 4.65. The lowest BCUT2D eigenvalue weighted by molar-refractivity contribution is 0.461. The van der Waals surface area contributed by atoms with E-state index < -0.39 is 22.2 Å². The minimum Gasteiger partial charge on any atom is -0.507 e. The molecule has 0 aliphatic heterocycles. The highest BCUT2D eigenvalue weighted by atomic mass is 32.2. The maximum Gasteiger partial charge on any atom is 0.186 e. The van der Waals surface area contributed by atoms with Gasteiger partial charge in [-0.05, 0) is 29.7 Å². The van der Waals surface area contributed by atoms with Crippen molar-refractivity contribution < 1.29 is 27.7 Å². The fraction of sp³-hybridized carbons (Fsp3) is 0. The predicted molar refractivity (Wildman–Crippen MR) is 65.4 cm³/mol. The van der Waals surface area contributed by atoms with E-state index in [1.807, 2.05) is 0 Å². The van der Waals surface area contributed by atoms with Crippen LogP contribution in [-0.2, 0) is 22.2 Å². The molecule has 2 rings (SSSR count). The summed E-state index contributed by atoms with van der Waals surface area (Å²) >= 11 is -4.60. The standard InChI is InChI=1S/C10H8O6S2/c11-8-3-6(17(13)14)1-5-2-7(18(15)16)4-9(12)10(5)8/h1-4,11-12H,(H,13,14)(H,15,16). The molecule has 0 fully saturated rings. The van der Waals surface area contributed by atoms with Crippen molar-refractivity contribution in [2.24, 2.45) is 0 Å². The zero-order chi connectivity index (χ0) is 13.4. The van der Waals surface area contributed by atoms with Crippen LogP contribution < -0.4 is 0 Å². The quantitative estimate of drug-likeness (QED) is 0.621. The molecule has 0 saturated heterocycles. The van der Waals surface area contributed by atoms with E-state index in [2.05, 4.69) is 0 Å². The smallest absolute Gasteiger partial charge is 0.186 e. The van der Waals surface area contributed by atoms with Crippen molar-refractivity contribution in [3.8, 4) is 11.5 Å². The molecule has 0 aromatic heterocycles. The number of hydrogen-bond donors (Lipinski definition) is 4. The normalized spacial score (nSPS) is 14.6. The van der Waals surface area contributed by atoms with Crippen LogP contribution in [0.15, 0.2) is 34.1 Å². The molecule has 0 radical (unpaired) electrons. The van der Waals surface area contributed by atoms with E-state index in [1.54, 1.807) is 0 Å². The van der Waals surface area contributed by atoms with Crippen LogP contribution >= 0.6 is 0 Å². The minimum absolute atomic E-state index is 0.0541. The summed E-state index contributed by atoms with van der Waals surface area (Å²) in [6.07, 6.45) is 0. The summed E-state index contributed by atoms with van der Waals surface area (Å²) in [5.41, 5.74) is 0. The molecular weight excluding hydrogens is 280 g/mol. The van der Waals surface area contributed by atoms with E-state index in [0.29, 0.717) is 0 Å². The van der Waals surface area contributed by atoms with Gasteiger partial charge in [0.25, 0.3) is 0 Å². The molecular formula is C10H8O6S2. The summed E-state index contributed by atoms with van der Waals surface area (Å²) in [5.74, 6) is -0.754. The number of phenols is 2. The monoisotopic (exact) mass is 288 g/mol. The maximum absolute atomic E-state index is 10.9. The topological polar surface area (TPSA) is 115 Å². The molecule has 0 bridgehead atoms. The van der Waals surface area contributed by atoms with Gasteiger partial charge >= 0.3 is 0 Å². The van der Waals surface area contributed by atoms with Crippen LogP contribution in [0, 0.1) is 0 Å². The Kier molecular flexibility index (Phi) is 3.35. The number of aromatic hydroxyl groups is 2. The Balaban J connectivity index is 2.84. The van der Waals surface area contributed by atoms with Gasteiger partial charge in [-0.2, -0.15) is 0 Å². The fourth-order valence-corrected chi connectivity index (χ4v) is 2.50. The van der Waals surface area contributed by atoms with E-state index in [-0.39, 0.29) is 32.1 Å². The van der Waals surface area contributed by atoms with E-state index in [0.717, 1.165) is 12.1 Å². The number of fused-ring (bicyclic) bond motifs is 1. The third-order valence-electron chi connectivity index (χ3n) is 2.36. The van der Waals surface area contributed by atoms with E-state index >= 15 is 0 Å². The number of hydrogen-bond acceptors (Lipinski definition) is 4. The van der Waals surface area contributed by atoms with Crippen molar-refractivity contribution in [1.82, 2.24) is 0 Å². The molecule has 18 heavy (non-hydrogen) atoms. The molecule has 4 N–H and O–H groups in total. The first-order valence-electron chi connectivity index (χ1n) is 4.61. The van der Waals surface area contributed by atoms with E-state index in [4.69, 9.17) is 9.11 Å². The lowest BCUT2D eigenvalue weighted by Crippen LogP contribution is -1.92. The third kappa shape index (κ3) is 2.23. The van der Waals surface area contributed by atoms with Crippen LogP contribution in [0.5, 0.6) is 11.5 Å². The second-order valence-corrected chi connectivity index (χ2v) is 5.42. The van der Waals surface area contributed by atoms with E-state index in [9.17, 15) is 18.6 Å². The molecule has 8 heteroatoms. The molecule has 96 valence electrons. The predicted octanol–water partition coefficient (Wildman–Crippen LogP) is 1.41. The number of rotatable bonds is 2. The average molecular weight is 288 g/mol. The third-order valence-corrected chi connectivity index (χ3v) is 3.64. The van der Waals surface area contributed by atoms with Crippen LogP contribution in [0.4, 0.5) is 0 Å². The van der Waals surface area contributed by atoms with Gasteiger partial charge in [0.15, 0.2) is 22.2 Å². The molecule has 0 amide bonds. The lowest BCUT2D eigenvalue weighted by atomic mass is 10.1. The molecule has 0 aliphatic rings. The molecule has 0 saturated carbocycles. The highest BCUT2D eigenvalue weighted by Gasteiger charge is 2.13. The first-order chi connectivity index (χ1) is 8.40. The average Bonchev–Trinajstić information content (AvgIpc) is 2.27. The van der Waals surface area contributed by atoms with Gasteiger partial charge in [0, 0.05) is 0 Å². The van der Waals surface area contributed by atoms with Gasteiger partial charge < -0.3 is 19.3 Å². The Hall–Kier alpha value is -1.48. The molecule has 0 aliphatic carbocycles. The summed E-state index contributed by atoms with van der Waals surface area (Å²) in [6.45, 7) is 0. The maximum atomic E-state index is 10.9. The van der Waals surface area contributed by atoms with Gasteiger partial charge in [0.2, 0.25) is 0 Å². The number of phenolic OH excluding ortho intramolecular Hbond substituents is 2. The second-order valence-electron chi connectivity index (χ2n) is 3.48. The summed E-state index contributed by atoms with van der Waals surface area (Å²) in [7, 11) is 0. The Labute approximate surface area is 106 Å². The van der Waals surface area contributed by atoms with Gasteiger partial charge in [-0.3, -0.25) is 0 Å². The lowest BCUT2D eigenvalue weighted by Gasteiger charge is -2.07. The van der Waals surface area contributed by atoms with Gasteiger partial charge in [-0.25, -0.2) is 8.42 Å². The van der Waals surface area contributed by atoms with Crippen LogP contribution in [0.25, 0.3) is 10.8 Å². The van der Waals surface area contributed by atoms with Crippen molar-refractivity contribution in [1.29, 1.82) is 0 Å². The summed E-state index contributed by atoms with van der Waals surface area (Å²) in [6, 6.07) is 4.60. The largest absolute Gasteiger partial charge is 0.507 e. The molecule has 2 aromatic rings.